The van der Waals surface area contributed by atoms with Gasteiger partial charge in [-0.15, -0.1) is 0 Å². The van der Waals surface area contributed by atoms with Crippen molar-refractivity contribution in [1.29, 1.82) is 0 Å². The molecular formula is C18H22O3. The molecule has 0 saturated carbocycles. The van der Waals surface area contributed by atoms with E-state index < -0.39 is 0 Å². The number of hydrogen-bond acceptors (Lipinski definition) is 3. The van der Waals surface area contributed by atoms with E-state index in [9.17, 15) is 5.11 Å². The monoisotopic (exact) mass is 286 g/mol. The first-order valence-electron chi connectivity index (χ1n) is 7.00. The molecule has 0 spiro atoms. The number of ether oxygens (including phenoxy) is 2. The number of phenols is 1. The zero-order valence-electron chi connectivity index (χ0n) is 13.2. The van der Waals surface area contributed by atoms with E-state index in [4.69, 9.17) is 9.47 Å². The van der Waals surface area contributed by atoms with Gasteiger partial charge in [0.25, 0.3) is 0 Å². The van der Waals surface area contributed by atoms with Crippen molar-refractivity contribution in [1.82, 2.24) is 0 Å². The van der Waals surface area contributed by atoms with Crippen molar-refractivity contribution < 1.29 is 14.6 Å². The second-order valence-corrected chi connectivity index (χ2v) is 5.33. The quantitative estimate of drug-likeness (QED) is 0.916. The minimum Gasteiger partial charge on any atom is -0.507 e. The van der Waals surface area contributed by atoms with E-state index >= 15 is 0 Å². The van der Waals surface area contributed by atoms with Crippen molar-refractivity contribution in [3.8, 4) is 17.2 Å². The van der Waals surface area contributed by atoms with Crippen LogP contribution in [0.5, 0.6) is 17.2 Å². The molecule has 0 aliphatic heterocycles. The van der Waals surface area contributed by atoms with Gasteiger partial charge in [-0.05, 0) is 36.6 Å². The van der Waals surface area contributed by atoms with Crippen molar-refractivity contribution in [2.24, 2.45) is 0 Å². The Labute approximate surface area is 126 Å². The Balaban J connectivity index is 2.47. The maximum absolute atomic E-state index is 9.91. The summed E-state index contributed by atoms with van der Waals surface area (Å²) in [5, 5.41) is 9.91. The Bertz CT molecular complexity index is 624. The van der Waals surface area contributed by atoms with Gasteiger partial charge in [-0.25, -0.2) is 0 Å². The highest BCUT2D eigenvalue weighted by Crippen LogP contribution is 2.36. The summed E-state index contributed by atoms with van der Waals surface area (Å²) < 4.78 is 10.7. The summed E-state index contributed by atoms with van der Waals surface area (Å²) in [6, 6.07) is 9.91. The molecule has 1 unspecified atom stereocenters. The van der Waals surface area contributed by atoms with Gasteiger partial charge in [0.2, 0.25) is 0 Å². The van der Waals surface area contributed by atoms with Gasteiger partial charge in [0.05, 0.1) is 14.2 Å². The number of benzene rings is 2. The fraction of sp³-hybridized carbons (Fsp3) is 0.333. The van der Waals surface area contributed by atoms with Crippen LogP contribution in [-0.4, -0.2) is 19.3 Å². The Hall–Kier alpha value is -2.16. The van der Waals surface area contributed by atoms with Gasteiger partial charge in [-0.3, -0.25) is 0 Å². The Morgan fingerprint density at radius 1 is 0.952 bits per heavy atom. The van der Waals surface area contributed by atoms with Crippen molar-refractivity contribution in [2.75, 3.05) is 14.2 Å². The molecule has 0 aliphatic rings. The number of methoxy groups -OCH3 is 2. The average molecular weight is 286 g/mol. The molecule has 2 rings (SSSR count). The highest BCUT2D eigenvalue weighted by molar-refractivity contribution is 5.49. The zero-order valence-corrected chi connectivity index (χ0v) is 13.2. The minimum absolute atomic E-state index is 0.170. The summed E-state index contributed by atoms with van der Waals surface area (Å²) in [6.45, 7) is 5.98. The van der Waals surface area contributed by atoms with Gasteiger partial charge >= 0.3 is 0 Å². The predicted octanol–water partition coefficient (Wildman–Crippen LogP) is 4.18. The highest BCUT2D eigenvalue weighted by atomic mass is 16.5. The summed E-state index contributed by atoms with van der Waals surface area (Å²) in [7, 11) is 3.31. The lowest BCUT2D eigenvalue weighted by Gasteiger charge is -2.18. The van der Waals surface area contributed by atoms with Crippen molar-refractivity contribution in [3.05, 3.63) is 52.6 Å². The zero-order chi connectivity index (χ0) is 15.6. The second kappa shape index (κ2) is 6.08. The molecule has 0 bridgehead atoms. The summed E-state index contributed by atoms with van der Waals surface area (Å²) in [4.78, 5) is 0. The fourth-order valence-corrected chi connectivity index (χ4v) is 2.60. The summed E-state index contributed by atoms with van der Waals surface area (Å²) in [5.74, 6) is 2.13. The maximum atomic E-state index is 9.91. The van der Waals surface area contributed by atoms with Crippen LogP contribution in [-0.2, 0) is 0 Å². The van der Waals surface area contributed by atoms with E-state index in [1.54, 1.807) is 14.2 Å². The first-order chi connectivity index (χ1) is 9.97. The Morgan fingerprint density at radius 2 is 1.57 bits per heavy atom. The van der Waals surface area contributed by atoms with Gasteiger partial charge in [-0.2, -0.15) is 0 Å². The Kier molecular flexibility index (Phi) is 4.41. The standard InChI is InChI=1S/C18H22O3/c1-11-8-14(9-12(2)18(11)19)13(3)16-7-6-15(20-4)10-17(16)21-5/h6-10,13,19H,1-5H3. The summed E-state index contributed by atoms with van der Waals surface area (Å²) in [6.07, 6.45) is 0. The maximum Gasteiger partial charge on any atom is 0.126 e. The Morgan fingerprint density at radius 3 is 2.10 bits per heavy atom. The molecule has 21 heavy (non-hydrogen) atoms. The largest absolute Gasteiger partial charge is 0.507 e. The normalized spacial score (nSPS) is 12.0. The molecule has 0 heterocycles. The van der Waals surface area contributed by atoms with Crippen molar-refractivity contribution in [2.45, 2.75) is 26.7 Å². The SMILES string of the molecule is COc1ccc(C(C)c2cc(C)c(O)c(C)c2)c(OC)c1. The molecular weight excluding hydrogens is 264 g/mol. The van der Waals surface area contributed by atoms with E-state index in [0.29, 0.717) is 5.75 Å². The van der Waals surface area contributed by atoms with Crippen LogP contribution in [0.1, 0.15) is 35.1 Å². The molecule has 0 fully saturated rings. The van der Waals surface area contributed by atoms with Crippen LogP contribution in [0, 0.1) is 13.8 Å². The molecule has 2 aromatic rings. The van der Waals surface area contributed by atoms with Gasteiger partial charge in [0, 0.05) is 17.5 Å². The van der Waals surface area contributed by atoms with Crippen LogP contribution in [0.2, 0.25) is 0 Å². The lowest BCUT2D eigenvalue weighted by Crippen LogP contribution is -2.01. The molecule has 3 heteroatoms. The lowest BCUT2D eigenvalue weighted by atomic mass is 9.90. The van der Waals surface area contributed by atoms with Crippen LogP contribution in [0.15, 0.2) is 30.3 Å². The van der Waals surface area contributed by atoms with Gasteiger partial charge in [-0.1, -0.05) is 25.1 Å². The molecule has 112 valence electrons. The van der Waals surface area contributed by atoms with Crippen LogP contribution in [0.25, 0.3) is 0 Å². The van der Waals surface area contributed by atoms with Gasteiger partial charge < -0.3 is 14.6 Å². The molecule has 1 atom stereocenters. The number of hydrogen-bond donors (Lipinski definition) is 1. The third kappa shape index (κ3) is 2.97. The predicted molar refractivity (Wildman–Crippen MR) is 84.6 cm³/mol. The average Bonchev–Trinajstić information content (AvgIpc) is 2.50. The van der Waals surface area contributed by atoms with Crippen molar-refractivity contribution in [3.63, 3.8) is 0 Å². The fourth-order valence-electron chi connectivity index (χ4n) is 2.60. The van der Waals surface area contributed by atoms with Crippen LogP contribution < -0.4 is 9.47 Å². The van der Waals surface area contributed by atoms with E-state index in [1.165, 1.54) is 0 Å². The van der Waals surface area contributed by atoms with Crippen LogP contribution in [0.4, 0.5) is 0 Å². The molecule has 2 aromatic carbocycles. The molecule has 0 aliphatic carbocycles. The van der Waals surface area contributed by atoms with E-state index in [2.05, 4.69) is 6.92 Å². The third-order valence-corrected chi connectivity index (χ3v) is 3.92. The van der Waals surface area contributed by atoms with Crippen LogP contribution >= 0.6 is 0 Å². The number of aryl methyl sites for hydroxylation is 2. The lowest BCUT2D eigenvalue weighted by molar-refractivity contribution is 0.390. The third-order valence-electron chi connectivity index (χ3n) is 3.92. The first kappa shape index (κ1) is 15.2. The second-order valence-electron chi connectivity index (χ2n) is 5.33. The van der Waals surface area contributed by atoms with Crippen LogP contribution in [0.3, 0.4) is 0 Å². The summed E-state index contributed by atoms with van der Waals surface area (Å²) in [5.41, 5.74) is 4.04. The van der Waals surface area contributed by atoms with E-state index in [0.717, 1.165) is 33.8 Å². The number of rotatable bonds is 4. The van der Waals surface area contributed by atoms with E-state index in [-0.39, 0.29) is 5.92 Å². The topological polar surface area (TPSA) is 38.7 Å². The molecule has 0 aromatic heterocycles. The van der Waals surface area contributed by atoms with Gasteiger partial charge in [0.1, 0.15) is 17.2 Å². The molecule has 0 radical (unpaired) electrons. The highest BCUT2D eigenvalue weighted by Gasteiger charge is 2.16. The van der Waals surface area contributed by atoms with Gasteiger partial charge in [0.15, 0.2) is 0 Å². The number of phenolic OH excluding ortho intramolecular Hbond substituents is 1. The molecule has 0 saturated heterocycles. The molecule has 3 nitrogen and oxygen atoms in total. The number of aromatic hydroxyl groups is 1. The van der Waals surface area contributed by atoms with Crippen molar-refractivity contribution >= 4 is 0 Å². The van der Waals surface area contributed by atoms with E-state index in [1.807, 2.05) is 44.2 Å². The first-order valence-corrected chi connectivity index (χ1v) is 7.00. The molecule has 0 amide bonds. The minimum atomic E-state index is 0.170. The molecule has 1 N–H and O–H groups in total. The summed E-state index contributed by atoms with van der Waals surface area (Å²) >= 11 is 0. The smallest absolute Gasteiger partial charge is 0.126 e.